The van der Waals surface area contributed by atoms with E-state index < -0.39 is 10.0 Å². The molecule has 174 valence electrons. The third-order valence-corrected chi connectivity index (χ3v) is 7.18. The zero-order valence-electron chi connectivity index (χ0n) is 18.1. The van der Waals surface area contributed by atoms with Crippen molar-refractivity contribution in [2.45, 2.75) is 4.90 Å². The Kier molecular flexibility index (Phi) is 6.08. The van der Waals surface area contributed by atoms with Crippen molar-refractivity contribution in [3.63, 3.8) is 0 Å². The summed E-state index contributed by atoms with van der Waals surface area (Å²) in [6.07, 6.45) is 1.52. The normalized spacial score (nSPS) is 11.7. The smallest absolute Gasteiger partial charge is 0.288 e. The quantitative estimate of drug-likeness (QED) is 0.285. The lowest BCUT2D eigenvalue weighted by Gasteiger charge is -2.04. The van der Waals surface area contributed by atoms with Gasteiger partial charge in [0.05, 0.1) is 22.0 Å². The molecule has 2 heterocycles. The summed E-state index contributed by atoms with van der Waals surface area (Å²) in [5, 5.41) is 13.5. The lowest BCUT2D eigenvalue weighted by atomic mass is 10.1. The number of thiazole rings is 1. The molecule has 11 heteroatoms. The third kappa shape index (κ3) is 4.81. The van der Waals surface area contributed by atoms with Crippen LogP contribution in [0.4, 0.5) is 16.5 Å². The monoisotopic (exact) mass is 502 g/mol. The van der Waals surface area contributed by atoms with Gasteiger partial charge < -0.3 is 0 Å². The molecule has 5 rings (SSSR count). The average molecular weight is 503 g/mol. The van der Waals surface area contributed by atoms with Crippen molar-refractivity contribution in [1.29, 1.82) is 0 Å². The topological polar surface area (TPSA) is 122 Å². The van der Waals surface area contributed by atoms with Gasteiger partial charge in [-0.25, -0.2) is 18.1 Å². The number of rotatable bonds is 7. The molecule has 0 aliphatic rings. The fourth-order valence-electron chi connectivity index (χ4n) is 3.33. The van der Waals surface area contributed by atoms with Crippen LogP contribution >= 0.6 is 11.3 Å². The predicted molar refractivity (Wildman–Crippen MR) is 135 cm³/mol. The maximum absolute atomic E-state index is 13.2. The van der Waals surface area contributed by atoms with Crippen LogP contribution in [0.3, 0.4) is 0 Å². The van der Waals surface area contributed by atoms with Crippen molar-refractivity contribution in [3.05, 3.63) is 107 Å². The number of nitrogens with zero attached hydrogens (tertiary/aromatic N) is 4. The van der Waals surface area contributed by atoms with E-state index in [0.717, 1.165) is 5.56 Å². The molecule has 0 unspecified atom stereocenters. The maximum Gasteiger partial charge on any atom is 0.299 e. The lowest BCUT2D eigenvalue weighted by molar-refractivity contribution is 0.601. The third-order valence-electron chi connectivity index (χ3n) is 5.01. The van der Waals surface area contributed by atoms with Crippen LogP contribution in [0.25, 0.3) is 16.9 Å². The van der Waals surface area contributed by atoms with E-state index in [0.29, 0.717) is 17.1 Å². The minimum atomic E-state index is -3.78. The van der Waals surface area contributed by atoms with Crippen molar-refractivity contribution in [2.75, 3.05) is 4.72 Å². The number of para-hydroxylation sites is 1. The Bertz CT molecular complexity index is 1630. The minimum absolute atomic E-state index is 0.0599. The fourth-order valence-corrected chi connectivity index (χ4v) is 5.12. The van der Waals surface area contributed by atoms with E-state index in [4.69, 9.17) is 0 Å². The van der Waals surface area contributed by atoms with Gasteiger partial charge in [-0.3, -0.25) is 14.6 Å². The first-order valence-electron chi connectivity index (χ1n) is 10.4. The van der Waals surface area contributed by atoms with Crippen molar-refractivity contribution >= 4 is 37.9 Å². The van der Waals surface area contributed by atoms with Crippen LogP contribution in [-0.4, -0.2) is 23.2 Å². The molecular formula is C24H18N6O3S2. The van der Waals surface area contributed by atoms with Gasteiger partial charge in [-0.15, -0.1) is 16.5 Å². The SMILES string of the molecule is O=c1c(N=Nc2ccc(S(=O)(=O)Nc3nccs3)cc2)c(-c2ccccc2)[nH]n1-c1ccccc1. The Hall–Kier alpha value is -4.35. The van der Waals surface area contributed by atoms with E-state index in [1.807, 2.05) is 60.7 Å². The van der Waals surface area contributed by atoms with Crippen molar-refractivity contribution < 1.29 is 8.42 Å². The van der Waals surface area contributed by atoms with E-state index in [2.05, 4.69) is 25.0 Å². The zero-order valence-corrected chi connectivity index (χ0v) is 19.7. The fraction of sp³-hybridized carbons (Fsp3) is 0. The number of hydrogen-bond donors (Lipinski definition) is 2. The van der Waals surface area contributed by atoms with E-state index >= 15 is 0 Å². The number of sulfonamides is 1. The van der Waals surface area contributed by atoms with Crippen LogP contribution in [0.1, 0.15) is 0 Å². The first-order chi connectivity index (χ1) is 17.0. The molecule has 3 aromatic carbocycles. The summed E-state index contributed by atoms with van der Waals surface area (Å²) in [4.78, 5) is 17.2. The molecule has 0 atom stereocenters. The average Bonchev–Trinajstić information content (AvgIpc) is 3.51. The molecule has 2 N–H and O–H groups in total. The molecule has 0 amide bonds. The molecule has 0 saturated heterocycles. The predicted octanol–water partition coefficient (Wildman–Crippen LogP) is 5.51. The zero-order chi connectivity index (χ0) is 24.3. The highest BCUT2D eigenvalue weighted by molar-refractivity contribution is 7.93. The van der Waals surface area contributed by atoms with Gasteiger partial charge in [-0.05, 0) is 36.4 Å². The number of azo groups is 1. The number of aromatic amines is 1. The van der Waals surface area contributed by atoms with Crippen molar-refractivity contribution in [1.82, 2.24) is 14.8 Å². The van der Waals surface area contributed by atoms with Crippen LogP contribution < -0.4 is 10.3 Å². The van der Waals surface area contributed by atoms with Crippen LogP contribution in [0.5, 0.6) is 0 Å². The van der Waals surface area contributed by atoms with Gasteiger partial charge in [0, 0.05) is 17.1 Å². The highest BCUT2D eigenvalue weighted by Gasteiger charge is 2.18. The van der Waals surface area contributed by atoms with Crippen LogP contribution in [0.15, 0.2) is 116 Å². The summed E-state index contributed by atoms with van der Waals surface area (Å²) in [6, 6.07) is 24.4. The van der Waals surface area contributed by atoms with Crippen LogP contribution in [0.2, 0.25) is 0 Å². The Morgan fingerprint density at radius 3 is 2.23 bits per heavy atom. The molecule has 0 bridgehead atoms. The summed E-state index contributed by atoms with van der Waals surface area (Å²) in [5.74, 6) is 0. The number of H-pyrrole nitrogens is 1. The van der Waals surface area contributed by atoms with Gasteiger partial charge in [0.25, 0.3) is 15.6 Å². The summed E-state index contributed by atoms with van der Waals surface area (Å²) in [7, 11) is -3.78. The molecule has 0 spiro atoms. The van der Waals surface area contributed by atoms with Gasteiger partial charge >= 0.3 is 0 Å². The van der Waals surface area contributed by atoms with Crippen LogP contribution in [-0.2, 0) is 10.0 Å². The Morgan fingerprint density at radius 1 is 0.886 bits per heavy atom. The summed E-state index contributed by atoms with van der Waals surface area (Å²) < 4.78 is 28.9. The standard InChI is InChI=1S/C24H18N6O3S2/c31-23-22(21(17-7-3-1-4-8-17)28-30(23)19-9-5-2-6-10-19)27-26-18-11-13-20(14-12-18)35(32,33)29-24-25-15-16-34-24/h1-16,28H,(H,25,29). The molecule has 0 radical (unpaired) electrons. The molecule has 0 aliphatic carbocycles. The van der Waals surface area contributed by atoms with E-state index in [1.54, 1.807) is 5.38 Å². The molecule has 0 aliphatic heterocycles. The van der Waals surface area contributed by atoms with Crippen molar-refractivity contribution in [3.8, 4) is 16.9 Å². The second-order valence-electron chi connectivity index (χ2n) is 7.31. The van der Waals surface area contributed by atoms with Crippen molar-refractivity contribution in [2.24, 2.45) is 10.2 Å². The minimum Gasteiger partial charge on any atom is -0.288 e. The van der Waals surface area contributed by atoms with Gasteiger partial charge in [0.15, 0.2) is 10.8 Å². The first kappa shape index (κ1) is 22.4. The second kappa shape index (κ2) is 9.49. The summed E-state index contributed by atoms with van der Waals surface area (Å²) in [6.45, 7) is 0. The summed E-state index contributed by atoms with van der Waals surface area (Å²) >= 11 is 1.19. The molecule has 9 nitrogen and oxygen atoms in total. The Labute approximate surface area is 204 Å². The van der Waals surface area contributed by atoms with E-state index in [9.17, 15) is 13.2 Å². The molecule has 0 saturated carbocycles. The molecule has 35 heavy (non-hydrogen) atoms. The Morgan fingerprint density at radius 2 is 1.57 bits per heavy atom. The van der Waals surface area contributed by atoms with E-state index in [1.165, 1.54) is 46.5 Å². The first-order valence-corrected chi connectivity index (χ1v) is 12.8. The molecular weight excluding hydrogens is 484 g/mol. The highest BCUT2D eigenvalue weighted by atomic mass is 32.2. The van der Waals surface area contributed by atoms with E-state index in [-0.39, 0.29) is 21.3 Å². The number of nitrogens with one attached hydrogen (secondary N) is 2. The van der Waals surface area contributed by atoms with Gasteiger partial charge in [-0.1, -0.05) is 48.5 Å². The maximum atomic E-state index is 13.2. The lowest BCUT2D eigenvalue weighted by Crippen LogP contribution is -2.13. The molecule has 5 aromatic rings. The van der Waals surface area contributed by atoms with Gasteiger partial charge in [0.2, 0.25) is 0 Å². The summed E-state index contributed by atoms with van der Waals surface area (Å²) in [5.41, 5.74) is 2.15. The molecule has 0 fully saturated rings. The number of aromatic nitrogens is 3. The highest BCUT2D eigenvalue weighted by Crippen LogP contribution is 2.28. The number of benzene rings is 3. The second-order valence-corrected chi connectivity index (χ2v) is 9.89. The largest absolute Gasteiger partial charge is 0.299 e. The Balaban J connectivity index is 1.48. The van der Waals surface area contributed by atoms with Crippen LogP contribution in [0, 0.1) is 0 Å². The number of anilines is 1. The number of hydrogen-bond acceptors (Lipinski definition) is 7. The molecule has 2 aromatic heterocycles. The van der Waals surface area contributed by atoms with Gasteiger partial charge in [-0.2, -0.15) is 5.11 Å². The van der Waals surface area contributed by atoms with Gasteiger partial charge in [0.1, 0.15) is 0 Å².